The summed E-state index contributed by atoms with van der Waals surface area (Å²) in [5, 5.41) is 4.75. The van der Waals surface area contributed by atoms with Gasteiger partial charge in [-0.2, -0.15) is 5.10 Å². The molecule has 11 heteroatoms. The number of hydrogen-bond acceptors (Lipinski definition) is 7. The van der Waals surface area contributed by atoms with Gasteiger partial charge in [0.2, 0.25) is 5.91 Å². The van der Waals surface area contributed by atoms with Gasteiger partial charge >= 0.3 is 0 Å². The van der Waals surface area contributed by atoms with E-state index in [0.29, 0.717) is 60.9 Å². The largest absolute Gasteiger partial charge is 0.494 e. The number of aromatic nitrogens is 5. The number of piperazine rings is 1. The molecule has 1 aliphatic rings. The average Bonchev–Trinajstić information content (AvgIpc) is 3.49. The third-order valence-corrected chi connectivity index (χ3v) is 6.05. The number of pyridine rings is 1. The third kappa shape index (κ3) is 4.50. The van der Waals surface area contributed by atoms with E-state index in [1.165, 1.54) is 35.4 Å². The normalized spacial score (nSPS) is 14.0. The molecule has 0 radical (unpaired) electrons. The molecule has 3 aromatic rings. The number of nitrogens with one attached hydrogen (secondary N) is 1. The number of aryl methyl sites for hydroxylation is 1. The number of methoxy groups -OCH3 is 1. The summed E-state index contributed by atoms with van der Waals surface area (Å²) in [4.78, 5) is 53.5. The summed E-state index contributed by atoms with van der Waals surface area (Å²) in [5.41, 5.74) is 0.721. The highest BCUT2D eigenvalue weighted by atomic mass is 16.5. The van der Waals surface area contributed by atoms with Gasteiger partial charge in [-0.1, -0.05) is 19.8 Å². The fourth-order valence-electron chi connectivity index (χ4n) is 4.16. The number of ketones is 1. The summed E-state index contributed by atoms with van der Waals surface area (Å²) in [5.74, 6) is 0.257. The molecule has 0 bridgehead atoms. The summed E-state index contributed by atoms with van der Waals surface area (Å²) in [6, 6.07) is 0. The van der Waals surface area contributed by atoms with E-state index in [9.17, 15) is 14.4 Å². The van der Waals surface area contributed by atoms with Crippen LogP contribution in [0.3, 0.4) is 0 Å². The Hall–Kier alpha value is -3.76. The summed E-state index contributed by atoms with van der Waals surface area (Å²) < 4.78 is 6.93. The molecule has 4 rings (SSSR count). The fraction of sp³-hybridized carbons (Fsp3) is 0.478. The van der Waals surface area contributed by atoms with Crippen LogP contribution in [0, 0.1) is 6.92 Å². The van der Waals surface area contributed by atoms with Crippen LogP contribution in [0.4, 0.5) is 0 Å². The molecule has 1 saturated heterocycles. The summed E-state index contributed by atoms with van der Waals surface area (Å²) >= 11 is 0. The number of amides is 2. The maximum Gasteiger partial charge on any atom is 0.295 e. The molecule has 0 aromatic carbocycles. The second-order valence-corrected chi connectivity index (χ2v) is 8.30. The highest BCUT2D eigenvalue weighted by molar-refractivity contribution is 6.45. The van der Waals surface area contributed by atoms with Gasteiger partial charge < -0.3 is 19.5 Å². The van der Waals surface area contributed by atoms with Crippen LogP contribution in [-0.2, 0) is 9.59 Å². The van der Waals surface area contributed by atoms with E-state index < -0.39 is 11.7 Å². The molecule has 3 aromatic heterocycles. The number of H-pyrrole nitrogens is 1. The molecular formula is C23H29N7O4. The van der Waals surface area contributed by atoms with E-state index in [0.717, 1.165) is 19.3 Å². The highest BCUT2D eigenvalue weighted by Crippen LogP contribution is 2.31. The second-order valence-electron chi connectivity index (χ2n) is 8.30. The summed E-state index contributed by atoms with van der Waals surface area (Å²) in [6.45, 7) is 5.38. The summed E-state index contributed by atoms with van der Waals surface area (Å²) in [7, 11) is 1.48. The quantitative estimate of drug-likeness (QED) is 0.305. The Balaban J connectivity index is 1.52. The first-order valence-electron chi connectivity index (χ1n) is 11.5. The van der Waals surface area contributed by atoms with Crippen LogP contribution in [0.5, 0.6) is 5.75 Å². The van der Waals surface area contributed by atoms with Gasteiger partial charge in [-0.25, -0.2) is 14.6 Å². The van der Waals surface area contributed by atoms with E-state index in [-0.39, 0.29) is 11.5 Å². The SMILES string of the molecule is CCCCCC(=O)N1CCN(C(=O)C(=O)c2c[nH]c3c(-n4cnc(C)n4)ncc(OC)c23)CC1. The predicted octanol–water partition coefficient (Wildman–Crippen LogP) is 1.89. The van der Waals surface area contributed by atoms with E-state index >= 15 is 0 Å². The van der Waals surface area contributed by atoms with Crippen molar-refractivity contribution in [3.05, 3.63) is 30.1 Å². The molecule has 0 atom stereocenters. The van der Waals surface area contributed by atoms with Crippen molar-refractivity contribution in [3.63, 3.8) is 0 Å². The monoisotopic (exact) mass is 467 g/mol. The number of Topliss-reactive ketones (excluding diaryl/α,β-unsaturated/α-hetero) is 1. The van der Waals surface area contributed by atoms with Crippen molar-refractivity contribution in [1.29, 1.82) is 0 Å². The molecule has 2 amide bonds. The number of carbonyl (C=O) groups is 3. The lowest BCUT2D eigenvalue weighted by Gasteiger charge is -2.34. The topological polar surface area (TPSA) is 126 Å². The van der Waals surface area contributed by atoms with E-state index in [4.69, 9.17) is 4.74 Å². The van der Waals surface area contributed by atoms with Gasteiger partial charge in [-0.3, -0.25) is 14.4 Å². The third-order valence-electron chi connectivity index (χ3n) is 6.05. The van der Waals surface area contributed by atoms with Crippen molar-refractivity contribution in [2.75, 3.05) is 33.3 Å². The predicted molar refractivity (Wildman–Crippen MR) is 124 cm³/mol. The van der Waals surface area contributed by atoms with E-state index in [2.05, 4.69) is 27.0 Å². The molecule has 11 nitrogen and oxygen atoms in total. The first-order valence-corrected chi connectivity index (χ1v) is 11.5. The number of unbranched alkanes of at least 4 members (excludes halogenated alkanes) is 2. The van der Waals surface area contributed by atoms with E-state index in [1.807, 2.05) is 0 Å². The zero-order chi connectivity index (χ0) is 24.2. The Labute approximate surface area is 197 Å². The first kappa shape index (κ1) is 23.4. The van der Waals surface area contributed by atoms with Crippen LogP contribution in [0.2, 0.25) is 0 Å². The van der Waals surface area contributed by atoms with Crippen LogP contribution in [-0.4, -0.2) is 85.4 Å². The van der Waals surface area contributed by atoms with E-state index in [1.54, 1.807) is 11.8 Å². The molecule has 1 aliphatic heterocycles. The number of rotatable bonds is 8. The lowest BCUT2D eigenvalue weighted by molar-refractivity contribution is -0.137. The van der Waals surface area contributed by atoms with Gasteiger partial charge in [0.15, 0.2) is 5.82 Å². The van der Waals surface area contributed by atoms with Crippen molar-refractivity contribution >= 4 is 28.5 Å². The van der Waals surface area contributed by atoms with Crippen molar-refractivity contribution in [2.24, 2.45) is 0 Å². The van der Waals surface area contributed by atoms with Gasteiger partial charge in [-0.05, 0) is 13.3 Å². The average molecular weight is 468 g/mol. The Morgan fingerprint density at radius 2 is 1.82 bits per heavy atom. The molecular weight excluding hydrogens is 438 g/mol. The zero-order valence-electron chi connectivity index (χ0n) is 19.7. The molecule has 1 N–H and O–H groups in total. The molecule has 0 saturated carbocycles. The number of nitrogens with zero attached hydrogens (tertiary/aromatic N) is 6. The fourth-order valence-corrected chi connectivity index (χ4v) is 4.16. The lowest BCUT2D eigenvalue weighted by atomic mass is 10.1. The highest BCUT2D eigenvalue weighted by Gasteiger charge is 2.31. The number of hydrogen-bond donors (Lipinski definition) is 1. The molecule has 1 fully saturated rings. The van der Waals surface area contributed by atoms with Gasteiger partial charge in [0, 0.05) is 38.8 Å². The standard InChI is InChI=1S/C23H29N7O4/c1-4-5-6-7-18(31)28-8-10-29(11-9-28)23(33)21(32)16-12-24-20-19(16)17(34-3)13-25-22(20)30-14-26-15(2)27-30/h12-14,24H,4-11H2,1-3H3. The van der Waals surface area contributed by atoms with Crippen molar-refractivity contribution < 1.29 is 19.1 Å². The van der Waals surface area contributed by atoms with Gasteiger partial charge in [0.1, 0.15) is 17.9 Å². The van der Waals surface area contributed by atoms with Crippen LogP contribution in [0.25, 0.3) is 16.7 Å². The minimum absolute atomic E-state index is 0.108. The second kappa shape index (κ2) is 10.0. The van der Waals surface area contributed by atoms with Gasteiger partial charge in [0.05, 0.1) is 29.8 Å². The van der Waals surface area contributed by atoms with Crippen molar-refractivity contribution in [2.45, 2.75) is 39.5 Å². The first-order chi connectivity index (χ1) is 16.4. The molecule has 34 heavy (non-hydrogen) atoms. The van der Waals surface area contributed by atoms with Crippen LogP contribution >= 0.6 is 0 Å². The van der Waals surface area contributed by atoms with Crippen LogP contribution in [0.15, 0.2) is 18.7 Å². The molecule has 0 unspecified atom stereocenters. The number of fused-ring (bicyclic) bond motifs is 1. The number of carbonyl (C=O) groups excluding carboxylic acids is 3. The number of aromatic amines is 1. The van der Waals surface area contributed by atoms with Crippen molar-refractivity contribution in [1.82, 2.24) is 34.5 Å². The zero-order valence-corrected chi connectivity index (χ0v) is 19.7. The number of ether oxygens (including phenoxy) is 1. The Morgan fingerprint density at radius 3 is 2.47 bits per heavy atom. The molecule has 4 heterocycles. The molecule has 0 spiro atoms. The van der Waals surface area contributed by atoms with Crippen LogP contribution < -0.4 is 4.74 Å². The molecule has 0 aliphatic carbocycles. The lowest BCUT2D eigenvalue weighted by Crippen LogP contribution is -2.52. The summed E-state index contributed by atoms with van der Waals surface area (Å²) in [6.07, 6.45) is 8.01. The molecule has 180 valence electrons. The maximum absolute atomic E-state index is 13.2. The Bertz CT molecular complexity index is 1210. The van der Waals surface area contributed by atoms with Crippen LogP contribution in [0.1, 0.15) is 48.8 Å². The van der Waals surface area contributed by atoms with Gasteiger partial charge in [0.25, 0.3) is 11.7 Å². The van der Waals surface area contributed by atoms with Gasteiger partial charge in [-0.15, -0.1) is 0 Å². The minimum Gasteiger partial charge on any atom is -0.494 e. The Morgan fingerprint density at radius 1 is 1.09 bits per heavy atom. The maximum atomic E-state index is 13.2. The van der Waals surface area contributed by atoms with Crippen molar-refractivity contribution in [3.8, 4) is 11.6 Å². The smallest absolute Gasteiger partial charge is 0.295 e. The Kier molecular flexibility index (Phi) is 6.90. The minimum atomic E-state index is -0.640.